The van der Waals surface area contributed by atoms with Crippen LogP contribution in [0.4, 0.5) is 0 Å². The number of Topliss-reactive ketones (excluding diaryl/α,β-unsaturated/α-hetero) is 1. The van der Waals surface area contributed by atoms with Gasteiger partial charge in [0.25, 0.3) is 0 Å². The Kier molecular flexibility index (Phi) is 1.80. The van der Waals surface area contributed by atoms with Gasteiger partial charge in [0.15, 0.2) is 5.78 Å². The molecule has 0 saturated heterocycles. The number of fused-ring (bicyclic) bond motifs is 1. The number of halogens is 1. The molecule has 1 unspecified atom stereocenters. The lowest BCUT2D eigenvalue weighted by atomic mass is 10.1. The first kappa shape index (κ1) is 7.99. The van der Waals surface area contributed by atoms with E-state index in [4.69, 9.17) is 0 Å². The van der Waals surface area contributed by atoms with Crippen LogP contribution in [0, 0.1) is 6.92 Å². The number of hydrogen-bond acceptors (Lipinski definition) is 1. The van der Waals surface area contributed by atoms with Gasteiger partial charge >= 0.3 is 0 Å². The Bertz CT molecular complexity index is 344. The predicted octanol–water partition coefficient (Wildman–Crippen LogP) is 3.02. The summed E-state index contributed by atoms with van der Waals surface area (Å²) >= 11 is 3.49. The first-order valence-electron chi connectivity index (χ1n) is 3.96. The van der Waals surface area contributed by atoms with E-state index in [1.165, 1.54) is 5.56 Å². The van der Waals surface area contributed by atoms with Gasteiger partial charge in [-0.3, -0.25) is 4.79 Å². The van der Waals surface area contributed by atoms with E-state index in [1.54, 1.807) is 0 Å². The molecular weight excluding hydrogens is 216 g/mol. The third-order valence-electron chi connectivity index (χ3n) is 2.21. The number of benzene rings is 1. The van der Waals surface area contributed by atoms with Gasteiger partial charge in [0.2, 0.25) is 0 Å². The first-order valence-corrected chi connectivity index (χ1v) is 4.88. The molecule has 1 aromatic rings. The van der Waals surface area contributed by atoms with Gasteiger partial charge in [-0.05, 0) is 12.5 Å². The topological polar surface area (TPSA) is 17.1 Å². The summed E-state index contributed by atoms with van der Waals surface area (Å²) in [6.45, 7) is 2.04. The Morgan fingerprint density at radius 3 is 3.00 bits per heavy atom. The number of carbonyl (C=O) groups is 1. The van der Waals surface area contributed by atoms with E-state index < -0.39 is 0 Å². The third kappa shape index (κ3) is 1.11. The molecule has 2 heteroatoms. The number of aryl methyl sites for hydroxylation is 1. The van der Waals surface area contributed by atoms with Gasteiger partial charge in [-0.1, -0.05) is 39.7 Å². The van der Waals surface area contributed by atoms with Crippen LogP contribution in [0.1, 0.15) is 32.7 Å². The van der Waals surface area contributed by atoms with Crippen LogP contribution in [0.2, 0.25) is 0 Å². The summed E-state index contributed by atoms with van der Waals surface area (Å²) in [6.07, 6.45) is 0.610. The molecular formula is C10H9BrO. The van der Waals surface area contributed by atoms with Crippen molar-refractivity contribution in [1.82, 2.24) is 0 Å². The highest BCUT2D eigenvalue weighted by Gasteiger charge is 2.26. The lowest BCUT2D eigenvalue weighted by Crippen LogP contribution is -1.90. The summed E-state index contributed by atoms with van der Waals surface area (Å²) in [6, 6.07) is 6.00. The van der Waals surface area contributed by atoms with Gasteiger partial charge < -0.3 is 0 Å². The highest BCUT2D eigenvalue weighted by molar-refractivity contribution is 9.09. The van der Waals surface area contributed by atoms with Crippen LogP contribution in [0.25, 0.3) is 0 Å². The van der Waals surface area contributed by atoms with Crippen molar-refractivity contribution in [1.29, 1.82) is 0 Å². The Balaban J connectivity index is 2.60. The monoisotopic (exact) mass is 224 g/mol. The van der Waals surface area contributed by atoms with Crippen molar-refractivity contribution in [2.45, 2.75) is 18.2 Å². The van der Waals surface area contributed by atoms with Crippen LogP contribution in [0.15, 0.2) is 18.2 Å². The lowest BCUT2D eigenvalue weighted by Gasteiger charge is -2.01. The van der Waals surface area contributed by atoms with Crippen molar-refractivity contribution in [3.8, 4) is 0 Å². The average molecular weight is 225 g/mol. The Morgan fingerprint density at radius 2 is 2.25 bits per heavy atom. The smallest absolute Gasteiger partial charge is 0.164 e. The molecule has 1 aliphatic carbocycles. The fraction of sp³-hybridized carbons (Fsp3) is 0.300. The Labute approximate surface area is 79.9 Å². The molecule has 0 fully saturated rings. The zero-order valence-electron chi connectivity index (χ0n) is 6.80. The highest BCUT2D eigenvalue weighted by Crippen LogP contribution is 2.37. The van der Waals surface area contributed by atoms with Gasteiger partial charge in [-0.2, -0.15) is 0 Å². The van der Waals surface area contributed by atoms with Crippen LogP contribution < -0.4 is 0 Å². The second-order valence-corrected chi connectivity index (χ2v) is 4.29. The normalized spacial score (nSPS) is 21.2. The molecule has 1 atom stereocenters. The van der Waals surface area contributed by atoms with Gasteiger partial charge in [-0.25, -0.2) is 0 Å². The second-order valence-electron chi connectivity index (χ2n) is 3.19. The van der Waals surface area contributed by atoms with E-state index in [-0.39, 0.29) is 10.6 Å². The fourth-order valence-corrected chi connectivity index (χ4v) is 2.25. The summed E-state index contributed by atoms with van der Waals surface area (Å²) in [5.74, 6) is 0.256. The van der Waals surface area contributed by atoms with E-state index in [9.17, 15) is 4.79 Å². The van der Waals surface area contributed by atoms with Crippen molar-refractivity contribution >= 4 is 21.7 Å². The maximum absolute atomic E-state index is 11.4. The molecule has 1 aromatic carbocycles. The maximum Gasteiger partial charge on any atom is 0.164 e. The predicted molar refractivity (Wildman–Crippen MR) is 51.8 cm³/mol. The molecule has 62 valence electrons. The Hall–Kier alpha value is -0.630. The van der Waals surface area contributed by atoms with Gasteiger partial charge in [0.05, 0.1) is 0 Å². The second kappa shape index (κ2) is 2.70. The van der Waals surface area contributed by atoms with Crippen molar-refractivity contribution in [3.63, 3.8) is 0 Å². The zero-order valence-corrected chi connectivity index (χ0v) is 8.39. The molecule has 12 heavy (non-hydrogen) atoms. The SMILES string of the molecule is Cc1ccc2c(c1)C(Br)CC2=O. The van der Waals surface area contributed by atoms with E-state index >= 15 is 0 Å². The molecule has 0 heterocycles. The van der Waals surface area contributed by atoms with Crippen LogP contribution >= 0.6 is 15.9 Å². The number of ketones is 1. The quantitative estimate of drug-likeness (QED) is 0.620. The number of hydrogen-bond donors (Lipinski definition) is 0. The summed E-state index contributed by atoms with van der Waals surface area (Å²) in [5.41, 5.74) is 3.26. The minimum absolute atomic E-state index is 0.236. The molecule has 2 rings (SSSR count). The molecule has 0 aliphatic heterocycles. The highest BCUT2D eigenvalue weighted by atomic mass is 79.9. The van der Waals surface area contributed by atoms with Gasteiger partial charge in [-0.15, -0.1) is 0 Å². The van der Waals surface area contributed by atoms with E-state index in [0.717, 1.165) is 11.1 Å². The van der Waals surface area contributed by atoms with Crippen LogP contribution in [-0.4, -0.2) is 5.78 Å². The largest absolute Gasteiger partial charge is 0.294 e. The summed E-state index contributed by atoms with van der Waals surface area (Å²) in [5, 5.41) is 0. The number of alkyl halides is 1. The third-order valence-corrected chi connectivity index (χ3v) is 3.03. The zero-order chi connectivity index (χ0) is 8.72. The standard InChI is InChI=1S/C10H9BrO/c1-6-2-3-7-8(4-6)9(11)5-10(7)12/h2-4,9H,5H2,1H3. The molecule has 0 radical (unpaired) electrons. The molecule has 0 aromatic heterocycles. The summed E-state index contributed by atoms with van der Waals surface area (Å²) < 4.78 is 0. The maximum atomic E-state index is 11.4. The minimum Gasteiger partial charge on any atom is -0.294 e. The summed E-state index contributed by atoms with van der Waals surface area (Å²) in [7, 11) is 0. The number of carbonyl (C=O) groups excluding carboxylic acids is 1. The molecule has 0 N–H and O–H groups in total. The number of rotatable bonds is 0. The average Bonchev–Trinajstić information content (AvgIpc) is 2.28. The van der Waals surface area contributed by atoms with E-state index in [2.05, 4.69) is 22.0 Å². The molecule has 1 nitrogen and oxygen atoms in total. The van der Waals surface area contributed by atoms with Crippen LogP contribution in [-0.2, 0) is 0 Å². The first-order chi connectivity index (χ1) is 5.68. The molecule has 0 amide bonds. The molecule has 0 spiro atoms. The Morgan fingerprint density at radius 1 is 1.50 bits per heavy atom. The minimum atomic E-state index is 0.236. The van der Waals surface area contributed by atoms with Crippen LogP contribution in [0.3, 0.4) is 0 Å². The lowest BCUT2D eigenvalue weighted by molar-refractivity contribution is 0.0994. The van der Waals surface area contributed by atoms with Gasteiger partial charge in [0, 0.05) is 16.8 Å². The fourth-order valence-electron chi connectivity index (χ4n) is 1.58. The molecule has 0 saturated carbocycles. The van der Waals surface area contributed by atoms with E-state index in [1.807, 2.05) is 19.1 Å². The van der Waals surface area contributed by atoms with E-state index in [0.29, 0.717) is 6.42 Å². The van der Waals surface area contributed by atoms with Crippen molar-refractivity contribution in [2.24, 2.45) is 0 Å². The van der Waals surface area contributed by atoms with Crippen molar-refractivity contribution < 1.29 is 4.79 Å². The molecule has 0 bridgehead atoms. The van der Waals surface area contributed by atoms with Crippen molar-refractivity contribution in [2.75, 3.05) is 0 Å². The van der Waals surface area contributed by atoms with Crippen LogP contribution in [0.5, 0.6) is 0 Å². The molecule has 1 aliphatic rings. The summed E-state index contributed by atoms with van der Waals surface area (Å²) in [4.78, 5) is 11.6. The van der Waals surface area contributed by atoms with Crippen molar-refractivity contribution in [3.05, 3.63) is 34.9 Å². The van der Waals surface area contributed by atoms with Gasteiger partial charge in [0.1, 0.15) is 0 Å².